The van der Waals surface area contributed by atoms with Crippen LogP contribution in [-0.4, -0.2) is 48.0 Å². The van der Waals surface area contributed by atoms with Crippen molar-refractivity contribution in [2.45, 2.75) is 12.8 Å². The normalized spacial score (nSPS) is 17.7. The molecular formula is C30H31NO3. The van der Waals surface area contributed by atoms with E-state index in [1.807, 2.05) is 42.5 Å². The fraction of sp³-hybridized carbons (Fsp3) is 0.267. The molecule has 2 aliphatic rings. The second kappa shape index (κ2) is 10.3. The number of hydrogen-bond donors (Lipinski definition) is 2. The molecule has 34 heavy (non-hydrogen) atoms. The van der Waals surface area contributed by atoms with Gasteiger partial charge in [0.05, 0.1) is 0 Å². The molecule has 0 amide bonds. The van der Waals surface area contributed by atoms with Crippen LogP contribution in [0.25, 0.3) is 11.1 Å². The van der Waals surface area contributed by atoms with Crippen molar-refractivity contribution in [1.82, 2.24) is 4.90 Å². The van der Waals surface area contributed by atoms with Gasteiger partial charge in [0.1, 0.15) is 18.1 Å². The zero-order valence-corrected chi connectivity index (χ0v) is 19.4. The smallest absolute Gasteiger partial charge is 0.119 e. The van der Waals surface area contributed by atoms with Crippen molar-refractivity contribution in [2.24, 2.45) is 5.92 Å². The molecule has 1 heterocycles. The standard InChI is InChI=1S/C30H31NO3/c32-17-4-7-29(22-5-2-1-3-6-22)30(23-8-12-27(33)13-9-23)24-10-14-28(15-11-24)34-18-16-31-20-25-19-26(25)21-31/h1-3,5-6,8-15,19,25,32-33H,4,7,16-18,20-21H2/b30-29-. The molecule has 2 N–H and O–H groups in total. The van der Waals surface area contributed by atoms with Gasteiger partial charge in [-0.3, -0.25) is 4.90 Å². The summed E-state index contributed by atoms with van der Waals surface area (Å²) in [6, 6.07) is 26.0. The van der Waals surface area contributed by atoms with Crippen LogP contribution in [0.4, 0.5) is 0 Å². The number of aromatic hydroxyl groups is 1. The molecule has 1 fully saturated rings. The summed E-state index contributed by atoms with van der Waals surface area (Å²) < 4.78 is 6.04. The quantitative estimate of drug-likeness (QED) is 0.320. The van der Waals surface area contributed by atoms with Crippen molar-refractivity contribution in [2.75, 3.05) is 32.8 Å². The first-order chi connectivity index (χ1) is 16.7. The highest BCUT2D eigenvalue weighted by atomic mass is 16.5. The van der Waals surface area contributed by atoms with E-state index in [1.165, 1.54) is 5.57 Å². The third-order valence-electron chi connectivity index (χ3n) is 6.63. The second-order valence-corrected chi connectivity index (χ2v) is 9.05. The van der Waals surface area contributed by atoms with Gasteiger partial charge in [-0.25, -0.2) is 0 Å². The SMILES string of the molecule is OCCC/C(=C(\c1ccc(O)cc1)c1ccc(OCCN2CC3=CC3C2)cc1)c1ccccc1. The largest absolute Gasteiger partial charge is 0.508 e. The van der Waals surface area contributed by atoms with Crippen LogP contribution in [0.1, 0.15) is 29.5 Å². The van der Waals surface area contributed by atoms with E-state index in [0.717, 1.165) is 60.0 Å². The number of rotatable bonds is 10. The van der Waals surface area contributed by atoms with E-state index in [9.17, 15) is 10.2 Å². The Kier molecular flexibility index (Phi) is 6.79. The Morgan fingerprint density at radius 3 is 2.24 bits per heavy atom. The van der Waals surface area contributed by atoms with Crippen molar-refractivity contribution in [3.8, 4) is 11.5 Å². The maximum atomic E-state index is 9.85. The van der Waals surface area contributed by atoms with Crippen LogP contribution >= 0.6 is 0 Å². The van der Waals surface area contributed by atoms with Crippen LogP contribution in [0, 0.1) is 5.92 Å². The van der Waals surface area contributed by atoms with Crippen LogP contribution in [0.5, 0.6) is 11.5 Å². The van der Waals surface area contributed by atoms with Crippen LogP contribution in [0.3, 0.4) is 0 Å². The van der Waals surface area contributed by atoms with Gasteiger partial charge in [-0.15, -0.1) is 0 Å². The Bertz CT molecular complexity index is 1160. The average Bonchev–Trinajstić information content (AvgIpc) is 3.49. The number of fused-ring (bicyclic) bond motifs is 1. The molecule has 0 spiro atoms. The maximum Gasteiger partial charge on any atom is 0.119 e. The summed E-state index contributed by atoms with van der Waals surface area (Å²) in [4.78, 5) is 2.45. The summed E-state index contributed by atoms with van der Waals surface area (Å²) in [7, 11) is 0. The monoisotopic (exact) mass is 453 g/mol. The van der Waals surface area contributed by atoms with Gasteiger partial charge in [0.15, 0.2) is 0 Å². The molecule has 1 aliphatic carbocycles. The lowest BCUT2D eigenvalue weighted by Gasteiger charge is -2.18. The Morgan fingerprint density at radius 2 is 1.59 bits per heavy atom. The molecule has 174 valence electrons. The average molecular weight is 454 g/mol. The molecule has 0 saturated carbocycles. The Balaban J connectivity index is 1.41. The van der Waals surface area contributed by atoms with Gasteiger partial charge >= 0.3 is 0 Å². The summed E-state index contributed by atoms with van der Waals surface area (Å²) >= 11 is 0. The number of ether oxygens (including phenoxy) is 1. The van der Waals surface area contributed by atoms with Gasteiger partial charge in [0, 0.05) is 32.2 Å². The van der Waals surface area contributed by atoms with E-state index in [-0.39, 0.29) is 12.4 Å². The molecule has 0 aromatic heterocycles. The van der Waals surface area contributed by atoms with Gasteiger partial charge in [-0.05, 0) is 64.9 Å². The summed E-state index contributed by atoms with van der Waals surface area (Å²) in [5, 5.41) is 19.4. The first-order valence-corrected chi connectivity index (χ1v) is 12.1. The van der Waals surface area contributed by atoms with Gasteiger partial charge in [-0.2, -0.15) is 0 Å². The number of benzene rings is 3. The Morgan fingerprint density at radius 1 is 0.882 bits per heavy atom. The molecule has 3 aromatic rings. The zero-order chi connectivity index (χ0) is 23.3. The first kappa shape index (κ1) is 22.5. The molecular weight excluding hydrogens is 422 g/mol. The minimum Gasteiger partial charge on any atom is -0.508 e. The summed E-state index contributed by atoms with van der Waals surface area (Å²) in [5.41, 5.74) is 7.13. The molecule has 3 aromatic carbocycles. The van der Waals surface area contributed by atoms with E-state index in [1.54, 1.807) is 17.7 Å². The number of aliphatic hydroxyl groups excluding tert-OH is 1. The fourth-order valence-corrected chi connectivity index (χ4v) is 4.78. The summed E-state index contributed by atoms with van der Waals surface area (Å²) in [5.74, 6) is 1.86. The topological polar surface area (TPSA) is 52.9 Å². The van der Waals surface area contributed by atoms with Gasteiger partial charge in [0.25, 0.3) is 0 Å². The highest BCUT2D eigenvalue weighted by molar-refractivity contribution is 5.98. The van der Waals surface area contributed by atoms with E-state index in [0.29, 0.717) is 13.0 Å². The number of likely N-dealkylation sites (tertiary alicyclic amines) is 1. The van der Waals surface area contributed by atoms with Crippen molar-refractivity contribution < 1.29 is 14.9 Å². The molecule has 1 aliphatic heterocycles. The van der Waals surface area contributed by atoms with Crippen LogP contribution in [-0.2, 0) is 0 Å². The number of hydrogen-bond acceptors (Lipinski definition) is 4. The minimum atomic E-state index is 0.140. The number of phenolic OH excluding ortho intramolecular Hbond substituents is 1. The summed E-state index contributed by atoms with van der Waals surface area (Å²) in [6.07, 6.45) is 3.79. The maximum absolute atomic E-state index is 9.85. The van der Waals surface area contributed by atoms with Gasteiger partial charge < -0.3 is 14.9 Å². The van der Waals surface area contributed by atoms with Crippen molar-refractivity contribution in [3.05, 3.63) is 107 Å². The number of nitrogens with zero attached hydrogens (tertiary/aromatic N) is 1. The lowest BCUT2D eigenvalue weighted by molar-refractivity contribution is 0.235. The predicted octanol–water partition coefficient (Wildman–Crippen LogP) is 5.37. The predicted molar refractivity (Wildman–Crippen MR) is 137 cm³/mol. The molecule has 4 nitrogen and oxygen atoms in total. The van der Waals surface area contributed by atoms with E-state index >= 15 is 0 Å². The lowest BCUT2D eigenvalue weighted by Crippen LogP contribution is -2.26. The van der Waals surface area contributed by atoms with Gasteiger partial charge in [-0.1, -0.05) is 66.2 Å². The first-order valence-electron chi connectivity index (χ1n) is 12.1. The Hall–Kier alpha value is -3.34. The van der Waals surface area contributed by atoms with Crippen LogP contribution < -0.4 is 4.74 Å². The highest BCUT2D eigenvalue weighted by Gasteiger charge is 2.34. The van der Waals surface area contributed by atoms with E-state index in [2.05, 4.69) is 35.2 Å². The summed E-state index contributed by atoms with van der Waals surface area (Å²) in [6.45, 7) is 4.03. The van der Waals surface area contributed by atoms with E-state index in [4.69, 9.17) is 4.74 Å². The minimum absolute atomic E-state index is 0.140. The number of phenols is 1. The van der Waals surface area contributed by atoms with Gasteiger partial charge in [0.2, 0.25) is 0 Å². The van der Waals surface area contributed by atoms with Crippen molar-refractivity contribution in [1.29, 1.82) is 0 Å². The third-order valence-corrected chi connectivity index (χ3v) is 6.63. The van der Waals surface area contributed by atoms with Crippen LogP contribution in [0.2, 0.25) is 0 Å². The second-order valence-electron chi connectivity index (χ2n) is 9.05. The van der Waals surface area contributed by atoms with Crippen molar-refractivity contribution in [3.63, 3.8) is 0 Å². The Labute approximate surface area is 201 Å². The highest BCUT2D eigenvalue weighted by Crippen LogP contribution is 2.37. The number of aliphatic hydroxyl groups is 1. The molecule has 0 radical (unpaired) electrons. The van der Waals surface area contributed by atoms with Crippen molar-refractivity contribution >= 4 is 11.1 Å². The zero-order valence-electron chi connectivity index (χ0n) is 19.4. The number of allylic oxidation sites excluding steroid dienone is 1. The molecule has 5 rings (SSSR count). The molecule has 1 saturated heterocycles. The third kappa shape index (κ3) is 5.24. The molecule has 1 atom stereocenters. The molecule has 1 unspecified atom stereocenters. The molecule has 0 bridgehead atoms. The fourth-order valence-electron chi connectivity index (χ4n) is 4.78. The molecule has 4 heteroatoms. The van der Waals surface area contributed by atoms with Crippen LogP contribution in [0.15, 0.2) is 90.5 Å². The lowest BCUT2D eigenvalue weighted by atomic mass is 9.87. The van der Waals surface area contributed by atoms with E-state index < -0.39 is 0 Å².